The predicted molar refractivity (Wildman–Crippen MR) is 115 cm³/mol. The minimum absolute atomic E-state index is 0.291. The van der Waals surface area contributed by atoms with Crippen molar-refractivity contribution in [3.05, 3.63) is 94.6 Å². The zero-order valence-corrected chi connectivity index (χ0v) is 17.0. The van der Waals surface area contributed by atoms with Gasteiger partial charge >= 0.3 is 6.16 Å². The molecule has 0 spiro atoms. The molecule has 1 aromatic heterocycles. The molecular formula is C23H18BrNO4. The number of benzene rings is 3. The maximum Gasteiger partial charge on any atom is 0.511 e. The molecule has 0 bridgehead atoms. The Balaban J connectivity index is 1.61. The van der Waals surface area contributed by atoms with Gasteiger partial charge in [0.15, 0.2) is 0 Å². The van der Waals surface area contributed by atoms with Crippen LogP contribution in [0.1, 0.15) is 11.1 Å². The van der Waals surface area contributed by atoms with Gasteiger partial charge in [0.2, 0.25) is 0 Å². The Bertz CT molecular complexity index is 1150. The van der Waals surface area contributed by atoms with E-state index in [-0.39, 0.29) is 0 Å². The summed E-state index contributed by atoms with van der Waals surface area (Å²) in [6, 6.07) is 23.2. The van der Waals surface area contributed by atoms with Crippen LogP contribution in [0.5, 0.6) is 11.5 Å². The summed E-state index contributed by atoms with van der Waals surface area (Å²) in [5.41, 5.74) is 3.00. The molecule has 0 radical (unpaired) electrons. The van der Waals surface area contributed by atoms with Crippen LogP contribution in [0.4, 0.5) is 4.79 Å². The van der Waals surface area contributed by atoms with Crippen LogP contribution in [0.15, 0.2) is 83.5 Å². The molecule has 1 heterocycles. The third kappa shape index (κ3) is 4.60. The highest BCUT2D eigenvalue weighted by Gasteiger charge is 2.10. The average Bonchev–Trinajstić information content (AvgIpc) is 3.10. The van der Waals surface area contributed by atoms with E-state index in [2.05, 4.69) is 15.9 Å². The van der Waals surface area contributed by atoms with E-state index in [4.69, 9.17) is 14.6 Å². The van der Waals surface area contributed by atoms with Crippen LogP contribution < -0.4 is 9.47 Å². The van der Waals surface area contributed by atoms with E-state index in [1.165, 1.54) is 0 Å². The van der Waals surface area contributed by atoms with E-state index in [0.29, 0.717) is 18.9 Å². The summed E-state index contributed by atoms with van der Waals surface area (Å²) in [6.45, 7) is 1.06. The van der Waals surface area contributed by atoms with Gasteiger partial charge in [0.05, 0.1) is 12.1 Å². The molecule has 0 aliphatic carbocycles. The van der Waals surface area contributed by atoms with Crippen molar-refractivity contribution in [2.45, 2.75) is 13.2 Å². The van der Waals surface area contributed by atoms with E-state index in [0.717, 1.165) is 32.3 Å². The topological polar surface area (TPSA) is 60.7 Å². The highest BCUT2D eigenvalue weighted by molar-refractivity contribution is 9.10. The first-order valence-corrected chi connectivity index (χ1v) is 9.82. The molecule has 3 aromatic carbocycles. The molecule has 0 saturated heterocycles. The molecule has 0 aliphatic rings. The van der Waals surface area contributed by atoms with Crippen molar-refractivity contribution in [1.29, 1.82) is 0 Å². The van der Waals surface area contributed by atoms with Gasteiger partial charge in [-0.1, -0.05) is 46.3 Å². The van der Waals surface area contributed by atoms with E-state index < -0.39 is 6.16 Å². The smallest absolute Gasteiger partial charge is 0.489 e. The quantitative estimate of drug-likeness (QED) is 0.284. The van der Waals surface area contributed by atoms with E-state index in [1.54, 1.807) is 12.1 Å². The van der Waals surface area contributed by atoms with Gasteiger partial charge in [-0.05, 0) is 47.3 Å². The predicted octanol–water partition coefficient (Wildman–Crippen LogP) is 6.09. The molecule has 5 nitrogen and oxygen atoms in total. The Labute approximate surface area is 176 Å². The molecule has 4 rings (SSSR count). The summed E-state index contributed by atoms with van der Waals surface area (Å²) >= 11 is 3.53. The van der Waals surface area contributed by atoms with Gasteiger partial charge < -0.3 is 19.1 Å². The van der Waals surface area contributed by atoms with Crippen LogP contribution in [0.25, 0.3) is 10.9 Å². The van der Waals surface area contributed by atoms with Crippen molar-refractivity contribution in [1.82, 2.24) is 4.57 Å². The van der Waals surface area contributed by atoms with Gasteiger partial charge in [-0.25, -0.2) is 4.79 Å². The van der Waals surface area contributed by atoms with Crippen molar-refractivity contribution < 1.29 is 19.4 Å². The molecule has 0 amide bonds. The van der Waals surface area contributed by atoms with Gasteiger partial charge in [0.25, 0.3) is 0 Å². The fourth-order valence-electron chi connectivity index (χ4n) is 3.20. The number of carbonyl (C=O) groups is 1. The summed E-state index contributed by atoms with van der Waals surface area (Å²) in [7, 11) is 0. The maximum atomic E-state index is 10.8. The molecule has 6 heteroatoms. The van der Waals surface area contributed by atoms with Gasteiger partial charge in [-0.15, -0.1) is 0 Å². The normalized spacial score (nSPS) is 10.8. The lowest BCUT2D eigenvalue weighted by Gasteiger charge is -2.14. The summed E-state index contributed by atoms with van der Waals surface area (Å²) in [6.07, 6.45) is 0.642. The van der Waals surface area contributed by atoms with Crippen molar-refractivity contribution in [3.63, 3.8) is 0 Å². The van der Waals surface area contributed by atoms with Gasteiger partial charge in [-0.3, -0.25) is 0 Å². The number of carboxylic acid groups (broad SMARTS) is 1. The molecule has 146 valence electrons. The number of rotatable bonds is 6. The van der Waals surface area contributed by atoms with Gasteiger partial charge in [0.1, 0.15) is 18.1 Å². The molecule has 0 fully saturated rings. The largest absolute Gasteiger partial charge is 0.511 e. The monoisotopic (exact) mass is 451 g/mol. The van der Waals surface area contributed by atoms with Crippen LogP contribution in [0.3, 0.4) is 0 Å². The number of fused-ring (bicyclic) bond motifs is 1. The van der Waals surface area contributed by atoms with Gasteiger partial charge in [0, 0.05) is 22.3 Å². The molecule has 0 atom stereocenters. The van der Waals surface area contributed by atoms with E-state index in [1.807, 2.05) is 71.4 Å². The second-order valence-corrected chi connectivity index (χ2v) is 7.47. The van der Waals surface area contributed by atoms with Crippen molar-refractivity contribution in [3.8, 4) is 11.5 Å². The third-order valence-electron chi connectivity index (χ3n) is 4.55. The van der Waals surface area contributed by atoms with E-state index in [9.17, 15) is 4.79 Å². The van der Waals surface area contributed by atoms with E-state index >= 15 is 0 Å². The molecule has 0 aliphatic heterocycles. The van der Waals surface area contributed by atoms with Crippen molar-refractivity contribution in [2.24, 2.45) is 0 Å². The molecule has 0 saturated carbocycles. The first-order chi connectivity index (χ1) is 14.1. The molecule has 29 heavy (non-hydrogen) atoms. The lowest BCUT2D eigenvalue weighted by Crippen LogP contribution is -2.04. The zero-order valence-electron chi connectivity index (χ0n) is 15.4. The van der Waals surface area contributed by atoms with Crippen molar-refractivity contribution >= 4 is 33.0 Å². The highest BCUT2D eigenvalue weighted by Crippen LogP contribution is 2.28. The first kappa shape index (κ1) is 19.1. The first-order valence-electron chi connectivity index (χ1n) is 9.03. The standard InChI is InChI=1S/C23H18BrNO4/c24-19-7-9-22(28-15-16-4-2-1-3-5-16)18(12-19)14-25-11-10-17-6-8-20(13-21(17)25)29-23(26)27/h1-13H,14-15H2,(H,26,27). The second kappa shape index (κ2) is 8.41. The number of nitrogens with zero attached hydrogens (tertiary/aromatic N) is 1. The number of halogens is 1. The Morgan fingerprint density at radius 1 is 1.00 bits per heavy atom. The van der Waals surface area contributed by atoms with Crippen LogP contribution in [0.2, 0.25) is 0 Å². The summed E-state index contributed by atoms with van der Waals surface area (Å²) < 4.78 is 13.9. The second-order valence-electron chi connectivity index (χ2n) is 6.56. The minimum Gasteiger partial charge on any atom is -0.489 e. The lowest BCUT2D eigenvalue weighted by molar-refractivity contribution is 0.144. The Morgan fingerprint density at radius 3 is 2.62 bits per heavy atom. The van der Waals surface area contributed by atoms with Crippen LogP contribution >= 0.6 is 15.9 Å². The Morgan fingerprint density at radius 2 is 1.83 bits per heavy atom. The molecule has 1 N–H and O–H groups in total. The van der Waals surface area contributed by atoms with Crippen LogP contribution in [-0.2, 0) is 13.2 Å². The molecule has 4 aromatic rings. The number of hydrogen-bond donors (Lipinski definition) is 1. The lowest BCUT2D eigenvalue weighted by atomic mass is 10.2. The molecular weight excluding hydrogens is 434 g/mol. The Hall–Kier alpha value is -3.25. The number of ether oxygens (including phenoxy) is 2. The summed E-state index contributed by atoms with van der Waals surface area (Å²) in [4.78, 5) is 10.8. The fourth-order valence-corrected chi connectivity index (χ4v) is 3.61. The SMILES string of the molecule is O=C(O)Oc1ccc2ccn(Cc3cc(Br)ccc3OCc3ccccc3)c2c1. The highest BCUT2D eigenvalue weighted by atomic mass is 79.9. The van der Waals surface area contributed by atoms with Crippen molar-refractivity contribution in [2.75, 3.05) is 0 Å². The number of aromatic nitrogens is 1. The summed E-state index contributed by atoms with van der Waals surface area (Å²) in [5, 5.41) is 9.87. The maximum absolute atomic E-state index is 10.8. The zero-order chi connectivity index (χ0) is 20.2. The Kier molecular flexibility index (Phi) is 5.53. The van der Waals surface area contributed by atoms with Crippen LogP contribution in [0, 0.1) is 0 Å². The fraction of sp³-hybridized carbons (Fsp3) is 0.0870. The third-order valence-corrected chi connectivity index (χ3v) is 5.04. The van der Waals surface area contributed by atoms with Crippen LogP contribution in [-0.4, -0.2) is 15.8 Å². The summed E-state index contributed by atoms with van der Waals surface area (Å²) in [5.74, 6) is 1.09. The molecule has 0 unspecified atom stereocenters. The minimum atomic E-state index is -1.33. The average molecular weight is 452 g/mol. The van der Waals surface area contributed by atoms with Gasteiger partial charge in [-0.2, -0.15) is 0 Å². The number of hydrogen-bond acceptors (Lipinski definition) is 3.